The number of hydrogen-bond acceptors (Lipinski definition) is 8. The lowest BCUT2D eigenvalue weighted by Gasteiger charge is -2.22. The molecule has 0 spiro atoms. The summed E-state index contributed by atoms with van der Waals surface area (Å²) in [5.74, 6) is 0.751. The van der Waals surface area contributed by atoms with E-state index in [-0.39, 0.29) is 12.8 Å². The molecule has 0 aliphatic carbocycles. The van der Waals surface area contributed by atoms with E-state index >= 15 is 0 Å². The predicted octanol–water partition coefficient (Wildman–Crippen LogP) is 9.54. The molecule has 4 aromatic rings. The Morgan fingerprint density at radius 2 is 0.846 bits per heavy atom. The van der Waals surface area contributed by atoms with Gasteiger partial charge in [-0.25, -0.2) is 0 Å². The van der Waals surface area contributed by atoms with Gasteiger partial charge in [-0.05, 0) is 121 Å². The zero-order valence-electron chi connectivity index (χ0n) is 29.4. The molecule has 8 heteroatoms. The molecule has 266 valence electrons. The minimum Gasteiger partial charge on any atom is -0.494 e. The van der Waals surface area contributed by atoms with Gasteiger partial charge in [-0.1, -0.05) is 61.7 Å². The monoisotopic (exact) mass is 696 g/mol. The van der Waals surface area contributed by atoms with E-state index in [0.29, 0.717) is 37.2 Å². The van der Waals surface area contributed by atoms with Gasteiger partial charge in [0.2, 0.25) is 0 Å². The summed E-state index contributed by atoms with van der Waals surface area (Å²) in [7, 11) is 0. The molecule has 0 N–H and O–H groups in total. The minimum absolute atomic E-state index is 0.227. The summed E-state index contributed by atoms with van der Waals surface area (Å²) in [4.78, 5) is 25.0. The van der Waals surface area contributed by atoms with E-state index in [0.717, 1.165) is 59.4 Å². The van der Waals surface area contributed by atoms with Crippen LogP contribution in [-0.4, -0.2) is 37.4 Å². The number of carbonyl (C=O) groups is 2. The van der Waals surface area contributed by atoms with Crippen molar-refractivity contribution in [1.82, 2.24) is 0 Å². The van der Waals surface area contributed by atoms with Gasteiger partial charge in [-0.15, -0.1) is 0 Å². The summed E-state index contributed by atoms with van der Waals surface area (Å²) < 4.78 is 22.8. The molecule has 0 aliphatic rings. The lowest BCUT2D eigenvalue weighted by molar-refractivity contribution is -0.161. The van der Waals surface area contributed by atoms with Crippen molar-refractivity contribution < 1.29 is 28.5 Å². The second-order valence-electron chi connectivity index (χ2n) is 12.1. The first-order valence-corrected chi connectivity index (χ1v) is 17.5. The van der Waals surface area contributed by atoms with Crippen LogP contribution in [0.5, 0.6) is 11.5 Å². The van der Waals surface area contributed by atoms with E-state index in [2.05, 4.69) is 25.3 Å². The quantitative estimate of drug-likeness (QED) is 0.0480. The van der Waals surface area contributed by atoms with Crippen LogP contribution in [0.1, 0.15) is 62.5 Å². The topological polar surface area (TPSA) is 119 Å². The Hall–Kier alpha value is -6.12. The van der Waals surface area contributed by atoms with Crippen LogP contribution in [-0.2, 0) is 19.1 Å². The van der Waals surface area contributed by atoms with Crippen LogP contribution in [0, 0.1) is 22.7 Å². The fourth-order valence-electron chi connectivity index (χ4n) is 5.36. The number of nitrogens with zero attached hydrogens (tertiary/aromatic N) is 2. The SMILES string of the molecule is C=CC(OC(=O)CCCCCOc1ccc(-c2ccc(C#N)cc2)cc1)C(C=C)OC(=O)CCCCCOc1ccc(-c2ccc(C#N)cc2)cc1. The molecule has 2 unspecified atom stereocenters. The Kier molecular flexibility index (Phi) is 15.8. The van der Waals surface area contributed by atoms with Crippen molar-refractivity contribution in [2.45, 2.75) is 63.6 Å². The van der Waals surface area contributed by atoms with Crippen LogP contribution >= 0.6 is 0 Å². The minimum atomic E-state index is -0.818. The molecular weight excluding hydrogens is 652 g/mol. The van der Waals surface area contributed by atoms with Crippen molar-refractivity contribution >= 4 is 11.9 Å². The lowest BCUT2D eigenvalue weighted by atomic mass is 10.0. The number of hydrogen-bond donors (Lipinski definition) is 0. The van der Waals surface area contributed by atoms with Crippen molar-refractivity contribution in [2.75, 3.05) is 13.2 Å². The standard InChI is InChI=1S/C44H44N2O6/c1-3-41(51-43(47)11-7-5-9-29-49-39-25-21-37(22-26-39)35-17-13-33(31-45)14-18-35)42(4-2)52-44(48)12-8-6-10-30-50-40-27-23-38(24-28-40)36-19-15-34(32-46)16-20-36/h3-4,13-28,41-42H,1-2,5-12,29-30H2. The zero-order valence-corrected chi connectivity index (χ0v) is 29.4. The molecule has 0 bridgehead atoms. The molecule has 0 fully saturated rings. The van der Waals surface area contributed by atoms with Crippen molar-refractivity contribution in [3.05, 3.63) is 133 Å². The molecule has 2 atom stereocenters. The molecule has 0 saturated heterocycles. The fraction of sp³-hybridized carbons (Fsp3) is 0.273. The Morgan fingerprint density at radius 1 is 0.519 bits per heavy atom. The highest BCUT2D eigenvalue weighted by molar-refractivity contribution is 5.71. The number of esters is 2. The van der Waals surface area contributed by atoms with Gasteiger partial charge < -0.3 is 18.9 Å². The number of benzene rings is 4. The third-order valence-corrected chi connectivity index (χ3v) is 8.31. The Balaban J connectivity index is 1.05. The summed E-state index contributed by atoms with van der Waals surface area (Å²) >= 11 is 0. The largest absolute Gasteiger partial charge is 0.494 e. The van der Waals surface area contributed by atoms with E-state index in [4.69, 9.17) is 29.5 Å². The van der Waals surface area contributed by atoms with Gasteiger partial charge >= 0.3 is 11.9 Å². The van der Waals surface area contributed by atoms with Crippen molar-refractivity contribution in [1.29, 1.82) is 10.5 Å². The van der Waals surface area contributed by atoms with Gasteiger partial charge in [0.1, 0.15) is 11.5 Å². The number of nitriles is 2. The van der Waals surface area contributed by atoms with Gasteiger partial charge in [-0.2, -0.15) is 10.5 Å². The van der Waals surface area contributed by atoms with E-state index in [1.165, 1.54) is 12.2 Å². The Labute approximate surface area is 306 Å². The fourth-order valence-corrected chi connectivity index (χ4v) is 5.36. The number of carbonyl (C=O) groups excluding carboxylic acids is 2. The van der Waals surface area contributed by atoms with Crippen molar-refractivity contribution in [3.63, 3.8) is 0 Å². The molecule has 8 nitrogen and oxygen atoms in total. The molecule has 0 radical (unpaired) electrons. The number of unbranched alkanes of at least 4 members (excludes halogenated alkanes) is 4. The van der Waals surface area contributed by atoms with Gasteiger partial charge in [0.05, 0.1) is 36.5 Å². The molecule has 0 heterocycles. The highest BCUT2D eigenvalue weighted by Crippen LogP contribution is 2.24. The van der Waals surface area contributed by atoms with E-state index in [9.17, 15) is 9.59 Å². The first-order chi connectivity index (χ1) is 25.4. The zero-order chi connectivity index (χ0) is 37.0. The average Bonchev–Trinajstić information content (AvgIpc) is 3.19. The second kappa shape index (κ2) is 21.2. The van der Waals surface area contributed by atoms with Crippen molar-refractivity contribution in [2.24, 2.45) is 0 Å². The average molecular weight is 697 g/mol. The molecule has 0 amide bonds. The highest BCUT2D eigenvalue weighted by Gasteiger charge is 2.23. The van der Waals surface area contributed by atoms with Crippen LogP contribution in [0.2, 0.25) is 0 Å². The van der Waals surface area contributed by atoms with Gasteiger partial charge in [-0.3, -0.25) is 9.59 Å². The normalized spacial score (nSPS) is 11.6. The molecule has 0 aliphatic heterocycles. The van der Waals surface area contributed by atoms with E-state index < -0.39 is 24.1 Å². The molecule has 0 aromatic heterocycles. The van der Waals surface area contributed by atoms with Crippen LogP contribution in [0.4, 0.5) is 0 Å². The molecular formula is C44H44N2O6. The summed E-state index contributed by atoms with van der Waals surface area (Å²) in [5.41, 5.74) is 5.40. The third-order valence-electron chi connectivity index (χ3n) is 8.31. The third kappa shape index (κ3) is 12.6. The van der Waals surface area contributed by atoms with Gasteiger partial charge in [0, 0.05) is 12.8 Å². The first-order valence-electron chi connectivity index (χ1n) is 17.5. The molecule has 4 aromatic carbocycles. The Morgan fingerprint density at radius 3 is 1.15 bits per heavy atom. The van der Waals surface area contributed by atoms with Crippen LogP contribution in [0.3, 0.4) is 0 Å². The summed E-state index contributed by atoms with van der Waals surface area (Å²) in [6.45, 7) is 8.55. The van der Waals surface area contributed by atoms with Gasteiger partial charge in [0.25, 0.3) is 0 Å². The number of rotatable bonds is 21. The maximum atomic E-state index is 12.5. The van der Waals surface area contributed by atoms with Gasteiger partial charge in [0.15, 0.2) is 12.2 Å². The molecule has 4 rings (SSSR count). The van der Waals surface area contributed by atoms with Crippen LogP contribution in [0.15, 0.2) is 122 Å². The van der Waals surface area contributed by atoms with E-state index in [1.54, 1.807) is 24.3 Å². The summed E-state index contributed by atoms with van der Waals surface area (Å²) in [6.07, 6.45) is 6.12. The Bertz CT molecular complexity index is 1680. The summed E-state index contributed by atoms with van der Waals surface area (Å²) in [5, 5.41) is 17.9. The molecule has 0 saturated carbocycles. The summed E-state index contributed by atoms with van der Waals surface area (Å²) in [6, 6.07) is 34.7. The van der Waals surface area contributed by atoms with Crippen LogP contribution in [0.25, 0.3) is 22.3 Å². The lowest BCUT2D eigenvalue weighted by Crippen LogP contribution is -2.32. The number of ether oxygens (including phenoxy) is 4. The smallest absolute Gasteiger partial charge is 0.306 e. The second-order valence-corrected chi connectivity index (χ2v) is 12.1. The highest BCUT2D eigenvalue weighted by atomic mass is 16.6. The van der Waals surface area contributed by atoms with Crippen LogP contribution < -0.4 is 9.47 Å². The first kappa shape index (κ1) is 38.7. The van der Waals surface area contributed by atoms with E-state index in [1.807, 2.05) is 72.8 Å². The molecule has 52 heavy (non-hydrogen) atoms. The maximum absolute atomic E-state index is 12.5. The van der Waals surface area contributed by atoms with Crippen molar-refractivity contribution in [3.8, 4) is 45.9 Å². The maximum Gasteiger partial charge on any atom is 0.306 e. The predicted molar refractivity (Wildman–Crippen MR) is 201 cm³/mol.